The Bertz CT molecular complexity index is 940. The molecule has 138 valence electrons. The van der Waals surface area contributed by atoms with E-state index in [4.69, 9.17) is 0 Å². The first-order chi connectivity index (χ1) is 13.8. The average molecular weight is 364 g/mol. The fourth-order valence-electron chi connectivity index (χ4n) is 4.00. The first-order valence-corrected chi connectivity index (χ1v) is 9.71. The lowest BCUT2D eigenvalue weighted by Crippen LogP contribution is -2.36. The first-order valence-electron chi connectivity index (χ1n) is 9.71. The fourth-order valence-corrected chi connectivity index (χ4v) is 4.00. The number of hydrogen-bond donors (Lipinski definition) is 1. The van der Waals surface area contributed by atoms with Crippen LogP contribution < -0.4 is 0 Å². The standard InChI is InChI=1S/C27H24O/c28-27(24-17-9-3-10-18-24,25-19-11-4-12-20-25)26(23-15-7-2-8-16-23)21-22-13-5-1-6-14-22/h1-20,26,28H,21H2/t26-/m1/s1. The molecular formula is C27H24O. The minimum Gasteiger partial charge on any atom is -0.380 e. The molecule has 0 saturated heterocycles. The predicted octanol–water partition coefficient (Wildman–Crippen LogP) is 5.95. The number of rotatable bonds is 6. The summed E-state index contributed by atoms with van der Waals surface area (Å²) in [5, 5.41) is 12.3. The minimum absolute atomic E-state index is 0.124. The van der Waals surface area contributed by atoms with Crippen molar-refractivity contribution >= 4 is 0 Å². The van der Waals surface area contributed by atoms with E-state index in [1.807, 2.05) is 84.9 Å². The second-order valence-electron chi connectivity index (χ2n) is 7.15. The number of hydrogen-bond acceptors (Lipinski definition) is 1. The van der Waals surface area contributed by atoms with Gasteiger partial charge >= 0.3 is 0 Å². The molecule has 28 heavy (non-hydrogen) atoms. The molecule has 0 unspecified atom stereocenters. The molecule has 0 amide bonds. The molecule has 4 aromatic rings. The molecule has 0 radical (unpaired) electrons. The molecule has 1 N–H and O–H groups in total. The van der Waals surface area contributed by atoms with Gasteiger partial charge in [0.05, 0.1) is 0 Å². The highest BCUT2D eigenvalue weighted by Gasteiger charge is 2.40. The van der Waals surface area contributed by atoms with Crippen LogP contribution >= 0.6 is 0 Å². The molecule has 0 aliphatic rings. The molecule has 4 aromatic carbocycles. The Hall–Kier alpha value is -3.16. The van der Waals surface area contributed by atoms with Gasteiger partial charge in [0.1, 0.15) is 5.60 Å². The summed E-state index contributed by atoms with van der Waals surface area (Å²) in [6.07, 6.45) is 0.741. The van der Waals surface area contributed by atoms with Crippen LogP contribution in [0, 0.1) is 0 Å². The SMILES string of the molecule is OC(c1ccccc1)(c1ccccc1)[C@H](Cc1ccccc1)c1ccccc1. The summed E-state index contributed by atoms with van der Waals surface area (Å²) in [5.41, 5.74) is 3.01. The van der Waals surface area contributed by atoms with Crippen molar-refractivity contribution in [3.05, 3.63) is 144 Å². The van der Waals surface area contributed by atoms with Crippen molar-refractivity contribution in [3.8, 4) is 0 Å². The lowest BCUT2D eigenvalue weighted by molar-refractivity contribution is 0.0490. The van der Waals surface area contributed by atoms with E-state index in [1.165, 1.54) is 5.56 Å². The Morgan fingerprint density at radius 1 is 0.536 bits per heavy atom. The Morgan fingerprint density at radius 3 is 1.39 bits per heavy atom. The van der Waals surface area contributed by atoms with Gasteiger partial charge in [0.15, 0.2) is 0 Å². The van der Waals surface area contributed by atoms with Crippen LogP contribution in [0.3, 0.4) is 0 Å². The lowest BCUT2D eigenvalue weighted by atomic mass is 9.70. The largest absolute Gasteiger partial charge is 0.380 e. The van der Waals surface area contributed by atoms with Crippen molar-refractivity contribution in [2.24, 2.45) is 0 Å². The molecule has 0 aliphatic heterocycles. The molecule has 1 atom stereocenters. The summed E-state index contributed by atoms with van der Waals surface area (Å²) in [6.45, 7) is 0. The minimum atomic E-state index is -1.14. The van der Waals surface area contributed by atoms with Gasteiger partial charge in [-0.25, -0.2) is 0 Å². The average Bonchev–Trinajstić information content (AvgIpc) is 2.79. The third kappa shape index (κ3) is 3.62. The Labute approximate surface area is 166 Å². The van der Waals surface area contributed by atoms with E-state index < -0.39 is 5.60 Å². The fraction of sp³-hybridized carbons (Fsp3) is 0.111. The topological polar surface area (TPSA) is 20.2 Å². The van der Waals surface area contributed by atoms with Crippen LogP contribution in [0.25, 0.3) is 0 Å². The highest BCUT2D eigenvalue weighted by Crippen LogP contribution is 2.44. The molecular weight excluding hydrogens is 340 g/mol. The van der Waals surface area contributed by atoms with Crippen LogP contribution in [0.4, 0.5) is 0 Å². The van der Waals surface area contributed by atoms with Crippen molar-refractivity contribution in [2.75, 3.05) is 0 Å². The highest BCUT2D eigenvalue weighted by molar-refractivity contribution is 5.42. The summed E-state index contributed by atoms with van der Waals surface area (Å²) >= 11 is 0. The van der Waals surface area contributed by atoms with Gasteiger partial charge in [-0.1, -0.05) is 121 Å². The molecule has 4 rings (SSSR count). The van der Waals surface area contributed by atoms with Gasteiger partial charge in [-0.3, -0.25) is 0 Å². The number of aliphatic hydroxyl groups is 1. The monoisotopic (exact) mass is 364 g/mol. The summed E-state index contributed by atoms with van der Waals surface area (Å²) < 4.78 is 0. The maximum atomic E-state index is 12.3. The highest BCUT2D eigenvalue weighted by atomic mass is 16.3. The summed E-state index contributed by atoms with van der Waals surface area (Å²) in [4.78, 5) is 0. The van der Waals surface area contributed by atoms with Crippen LogP contribution in [0.15, 0.2) is 121 Å². The number of benzene rings is 4. The summed E-state index contributed by atoms with van der Waals surface area (Å²) in [7, 11) is 0. The lowest BCUT2D eigenvalue weighted by Gasteiger charge is -2.38. The van der Waals surface area contributed by atoms with Gasteiger partial charge in [-0.2, -0.15) is 0 Å². The maximum absolute atomic E-state index is 12.3. The summed E-state index contributed by atoms with van der Waals surface area (Å²) in [5.74, 6) is -0.124. The van der Waals surface area contributed by atoms with E-state index in [1.54, 1.807) is 0 Å². The van der Waals surface area contributed by atoms with Gasteiger partial charge in [-0.15, -0.1) is 0 Å². The van der Waals surface area contributed by atoms with Crippen LogP contribution in [0.5, 0.6) is 0 Å². The third-order valence-electron chi connectivity index (χ3n) is 5.42. The van der Waals surface area contributed by atoms with E-state index in [2.05, 4.69) is 36.4 Å². The van der Waals surface area contributed by atoms with Crippen LogP contribution in [-0.4, -0.2) is 5.11 Å². The molecule has 0 aromatic heterocycles. The predicted molar refractivity (Wildman–Crippen MR) is 115 cm³/mol. The molecule has 1 heteroatoms. The van der Waals surface area contributed by atoms with Crippen molar-refractivity contribution in [3.63, 3.8) is 0 Å². The van der Waals surface area contributed by atoms with Gasteiger partial charge in [0.2, 0.25) is 0 Å². The quantitative estimate of drug-likeness (QED) is 0.448. The van der Waals surface area contributed by atoms with E-state index in [9.17, 15) is 5.11 Å². The zero-order valence-corrected chi connectivity index (χ0v) is 15.8. The normalized spacial score (nSPS) is 12.5. The molecule has 0 aliphatic carbocycles. The van der Waals surface area contributed by atoms with Gasteiger partial charge < -0.3 is 5.11 Å². The molecule has 0 spiro atoms. The van der Waals surface area contributed by atoms with Crippen molar-refractivity contribution < 1.29 is 5.11 Å². The van der Waals surface area contributed by atoms with Gasteiger partial charge in [0, 0.05) is 5.92 Å². The maximum Gasteiger partial charge on any atom is 0.122 e. The van der Waals surface area contributed by atoms with Crippen molar-refractivity contribution in [2.45, 2.75) is 17.9 Å². The van der Waals surface area contributed by atoms with Crippen LogP contribution in [0.1, 0.15) is 28.2 Å². The Morgan fingerprint density at radius 2 is 0.929 bits per heavy atom. The molecule has 0 bridgehead atoms. The Kier molecular flexibility index (Phi) is 5.36. The smallest absolute Gasteiger partial charge is 0.122 e. The molecule has 0 fully saturated rings. The van der Waals surface area contributed by atoms with Crippen LogP contribution in [0.2, 0.25) is 0 Å². The summed E-state index contributed by atoms with van der Waals surface area (Å²) in [6, 6.07) is 40.8. The van der Waals surface area contributed by atoms with Crippen LogP contribution in [-0.2, 0) is 12.0 Å². The molecule has 0 saturated carbocycles. The second-order valence-corrected chi connectivity index (χ2v) is 7.15. The third-order valence-corrected chi connectivity index (χ3v) is 5.42. The van der Waals surface area contributed by atoms with Crippen molar-refractivity contribution in [1.82, 2.24) is 0 Å². The second kappa shape index (κ2) is 8.24. The zero-order valence-electron chi connectivity index (χ0n) is 15.8. The van der Waals surface area contributed by atoms with Gasteiger partial charge in [0.25, 0.3) is 0 Å². The van der Waals surface area contributed by atoms with E-state index >= 15 is 0 Å². The zero-order chi connectivity index (χ0) is 19.2. The van der Waals surface area contributed by atoms with Crippen molar-refractivity contribution in [1.29, 1.82) is 0 Å². The van der Waals surface area contributed by atoms with Gasteiger partial charge in [-0.05, 0) is 28.7 Å². The first kappa shape index (κ1) is 18.2. The molecule has 1 nitrogen and oxygen atoms in total. The Balaban J connectivity index is 1.91. The van der Waals surface area contributed by atoms with E-state index in [-0.39, 0.29) is 5.92 Å². The van der Waals surface area contributed by atoms with E-state index in [0.29, 0.717) is 0 Å². The van der Waals surface area contributed by atoms with E-state index in [0.717, 1.165) is 23.1 Å². The molecule has 0 heterocycles.